The van der Waals surface area contributed by atoms with Gasteiger partial charge in [0, 0.05) is 17.2 Å². The van der Waals surface area contributed by atoms with Crippen LogP contribution in [0.25, 0.3) is 0 Å². The molecule has 2 nitrogen and oxygen atoms in total. The van der Waals surface area contributed by atoms with Gasteiger partial charge < -0.3 is 10.4 Å². The van der Waals surface area contributed by atoms with E-state index in [0.29, 0.717) is 6.54 Å². The molecule has 0 aliphatic carbocycles. The fourth-order valence-corrected chi connectivity index (χ4v) is 2.21. The highest BCUT2D eigenvalue weighted by Gasteiger charge is 2.03. The highest BCUT2D eigenvalue weighted by atomic mass is 32.2. The lowest BCUT2D eigenvalue weighted by molar-refractivity contribution is 0.197. The fourth-order valence-electron chi connectivity index (χ4n) is 1.27. The molecule has 0 bridgehead atoms. The minimum Gasteiger partial charge on any atom is -0.391 e. The topological polar surface area (TPSA) is 32.3 Å². The maximum atomic E-state index is 9.63. The predicted octanol–water partition coefficient (Wildman–Crippen LogP) is 2.06. The molecule has 0 spiro atoms. The van der Waals surface area contributed by atoms with E-state index in [2.05, 4.69) is 30.4 Å². The molecule has 1 atom stereocenters. The molecule has 1 unspecified atom stereocenters. The lowest BCUT2D eigenvalue weighted by atomic mass is 10.2. The Balaban J connectivity index is 2.30. The molecule has 1 aromatic carbocycles. The van der Waals surface area contributed by atoms with Crippen LogP contribution in [0.5, 0.6) is 0 Å². The maximum Gasteiger partial charge on any atom is 0.0758 e. The van der Waals surface area contributed by atoms with Crippen molar-refractivity contribution >= 4 is 11.8 Å². The van der Waals surface area contributed by atoms with E-state index >= 15 is 0 Å². The van der Waals surface area contributed by atoms with Crippen molar-refractivity contribution in [3.63, 3.8) is 0 Å². The van der Waals surface area contributed by atoms with Crippen molar-refractivity contribution in [3.05, 3.63) is 29.8 Å². The van der Waals surface area contributed by atoms with Gasteiger partial charge >= 0.3 is 0 Å². The number of benzene rings is 1. The van der Waals surface area contributed by atoms with Gasteiger partial charge in [-0.05, 0) is 25.6 Å². The molecule has 15 heavy (non-hydrogen) atoms. The number of aliphatic hydroxyl groups is 1. The second-order valence-corrected chi connectivity index (χ2v) is 4.68. The molecule has 0 amide bonds. The van der Waals surface area contributed by atoms with E-state index < -0.39 is 0 Å². The van der Waals surface area contributed by atoms with E-state index in [1.54, 1.807) is 11.8 Å². The van der Waals surface area contributed by atoms with Crippen LogP contribution in [0.15, 0.2) is 29.2 Å². The summed E-state index contributed by atoms with van der Waals surface area (Å²) in [5.41, 5.74) is 1.26. The maximum absolute atomic E-state index is 9.63. The van der Waals surface area contributed by atoms with Crippen LogP contribution in [0.2, 0.25) is 0 Å². The number of hydrogen-bond acceptors (Lipinski definition) is 3. The van der Waals surface area contributed by atoms with Gasteiger partial charge in [0.25, 0.3) is 0 Å². The zero-order chi connectivity index (χ0) is 11.1. The van der Waals surface area contributed by atoms with E-state index in [0.717, 1.165) is 12.3 Å². The van der Waals surface area contributed by atoms with E-state index in [1.165, 1.54) is 10.5 Å². The van der Waals surface area contributed by atoms with Crippen molar-refractivity contribution in [2.24, 2.45) is 0 Å². The molecule has 0 fully saturated rings. The molecule has 0 saturated carbocycles. The van der Waals surface area contributed by atoms with Gasteiger partial charge in [0.15, 0.2) is 0 Å². The van der Waals surface area contributed by atoms with E-state index in [4.69, 9.17) is 0 Å². The normalized spacial score (nSPS) is 12.7. The van der Waals surface area contributed by atoms with Crippen LogP contribution in [-0.4, -0.2) is 30.1 Å². The fraction of sp³-hybridized carbons (Fsp3) is 0.500. The molecule has 1 rings (SSSR count). The first-order valence-corrected chi connectivity index (χ1v) is 6.29. The molecule has 0 saturated heterocycles. The molecule has 2 N–H and O–H groups in total. The molecule has 0 radical (unpaired) electrons. The number of aliphatic hydroxyl groups excluding tert-OH is 1. The van der Waals surface area contributed by atoms with Crippen molar-refractivity contribution in [1.29, 1.82) is 0 Å². The zero-order valence-corrected chi connectivity index (χ0v) is 10.2. The Morgan fingerprint density at radius 1 is 1.47 bits per heavy atom. The number of rotatable bonds is 6. The van der Waals surface area contributed by atoms with Crippen LogP contribution in [0.1, 0.15) is 12.5 Å². The number of hydrogen-bond donors (Lipinski definition) is 2. The summed E-state index contributed by atoms with van der Waals surface area (Å²) in [5.74, 6) is 0.746. The number of likely N-dealkylation sites (N-methyl/N-ethyl adjacent to an activating group) is 1. The summed E-state index contributed by atoms with van der Waals surface area (Å²) in [6.45, 7) is 5.71. The third kappa shape index (κ3) is 5.21. The summed E-state index contributed by atoms with van der Waals surface area (Å²) >= 11 is 1.70. The van der Waals surface area contributed by atoms with Gasteiger partial charge in [0.05, 0.1) is 6.10 Å². The van der Waals surface area contributed by atoms with Gasteiger partial charge in [-0.25, -0.2) is 0 Å². The van der Waals surface area contributed by atoms with Crippen LogP contribution in [0, 0.1) is 6.92 Å². The van der Waals surface area contributed by atoms with Crippen LogP contribution in [0.4, 0.5) is 0 Å². The van der Waals surface area contributed by atoms with Crippen molar-refractivity contribution in [3.8, 4) is 0 Å². The first-order valence-electron chi connectivity index (χ1n) is 5.30. The molecule has 0 aliphatic heterocycles. The Morgan fingerprint density at radius 2 is 2.27 bits per heavy atom. The average molecular weight is 225 g/mol. The Bertz CT molecular complexity index is 291. The average Bonchev–Trinajstić information content (AvgIpc) is 2.23. The molecule has 0 aromatic heterocycles. The van der Waals surface area contributed by atoms with Gasteiger partial charge in [0.2, 0.25) is 0 Å². The van der Waals surface area contributed by atoms with Gasteiger partial charge in [-0.15, -0.1) is 11.8 Å². The lowest BCUT2D eigenvalue weighted by Gasteiger charge is -2.10. The van der Waals surface area contributed by atoms with Gasteiger partial charge in [-0.3, -0.25) is 0 Å². The zero-order valence-electron chi connectivity index (χ0n) is 9.36. The van der Waals surface area contributed by atoms with E-state index in [-0.39, 0.29) is 6.10 Å². The monoisotopic (exact) mass is 225 g/mol. The van der Waals surface area contributed by atoms with Crippen molar-refractivity contribution in [2.45, 2.75) is 24.8 Å². The highest BCUT2D eigenvalue weighted by Crippen LogP contribution is 2.19. The summed E-state index contributed by atoms with van der Waals surface area (Å²) < 4.78 is 0. The molecular formula is C12H19NOS. The number of nitrogens with one attached hydrogen (secondary N) is 1. The second kappa shape index (κ2) is 6.88. The molecule has 0 heterocycles. The molecule has 1 aromatic rings. The predicted molar refractivity (Wildman–Crippen MR) is 66.5 cm³/mol. The molecule has 3 heteroatoms. The van der Waals surface area contributed by atoms with Gasteiger partial charge in [-0.2, -0.15) is 0 Å². The van der Waals surface area contributed by atoms with Gasteiger partial charge in [-0.1, -0.05) is 24.6 Å². The minimum atomic E-state index is -0.268. The second-order valence-electron chi connectivity index (χ2n) is 3.59. The first-order chi connectivity index (χ1) is 7.22. The largest absolute Gasteiger partial charge is 0.391 e. The third-order valence-electron chi connectivity index (χ3n) is 2.06. The lowest BCUT2D eigenvalue weighted by Crippen LogP contribution is -2.28. The van der Waals surface area contributed by atoms with E-state index in [9.17, 15) is 5.11 Å². The van der Waals surface area contributed by atoms with Gasteiger partial charge in [0.1, 0.15) is 0 Å². The standard InChI is InChI=1S/C12H19NOS/c1-3-13-8-11(14)9-15-12-6-4-5-10(2)7-12/h4-7,11,13-14H,3,8-9H2,1-2H3. The quantitative estimate of drug-likeness (QED) is 0.727. The smallest absolute Gasteiger partial charge is 0.0758 e. The molecule has 0 aliphatic rings. The van der Waals surface area contributed by atoms with E-state index in [1.807, 2.05) is 13.0 Å². The third-order valence-corrected chi connectivity index (χ3v) is 3.20. The Morgan fingerprint density at radius 3 is 2.93 bits per heavy atom. The minimum absolute atomic E-state index is 0.268. The number of thioether (sulfide) groups is 1. The molecule has 84 valence electrons. The van der Waals surface area contributed by atoms with Crippen LogP contribution in [-0.2, 0) is 0 Å². The summed E-state index contributed by atoms with van der Waals surface area (Å²) in [4.78, 5) is 1.23. The summed E-state index contributed by atoms with van der Waals surface area (Å²) in [7, 11) is 0. The first kappa shape index (κ1) is 12.6. The summed E-state index contributed by atoms with van der Waals surface area (Å²) in [5, 5.41) is 12.8. The van der Waals surface area contributed by atoms with Crippen LogP contribution >= 0.6 is 11.8 Å². The summed E-state index contributed by atoms with van der Waals surface area (Å²) in [6.07, 6.45) is -0.268. The Hall–Kier alpha value is -0.510. The van der Waals surface area contributed by atoms with Crippen molar-refractivity contribution in [1.82, 2.24) is 5.32 Å². The van der Waals surface area contributed by atoms with Crippen LogP contribution < -0.4 is 5.32 Å². The summed E-state index contributed by atoms with van der Waals surface area (Å²) in [6, 6.07) is 8.36. The number of aryl methyl sites for hydroxylation is 1. The van der Waals surface area contributed by atoms with Crippen molar-refractivity contribution < 1.29 is 5.11 Å². The van der Waals surface area contributed by atoms with Crippen molar-refractivity contribution in [2.75, 3.05) is 18.8 Å². The molecular weight excluding hydrogens is 206 g/mol. The Labute approximate surface area is 96.1 Å². The van der Waals surface area contributed by atoms with Crippen LogP contribution in [0.3, 0.4) is 0 Å². The highest BCUT2D eigenvalue weighted by molar-refractivity contribution is 7.99. The Kier molecular flexibility index (Phi) is 5.76. The SMILES string of the molecule is CCNCC(O)CSc1cccc(C)c1.